The van der Waals surface area contributed by atoms with Gasteiger partial charge < -0.3 is 10.8 Å². The van der Waals surface area contributed by atoms with Crippen LogP contribution in [-0.4, -0.2) is 25.4 Å². The Morgan fingerprint density at radius 3 is 2.48 bits per heavy atom. The number of amides is 1. The third kappa shape index (κ3) is 3.57. The predicted octanol–water partition coefficient (Wildman–Crippen LogP) is 3.80. The molecule has 8 heteroatoms. The number of phenolic OH excluding ortho intramolecular Hbond substituents is 1. The van der Waals surface area contributed by atoms with E-state index in [1.54, 1.807) is 17.4 Å². The van der Waals surface area contributed by atoms with Crippen molar-refractivity contribution in [3.63, 3.8) is 0 Å². The largest absolute Gasteiger partial charge is 0.508 e. The van der Waals surface area contributed by atoms with Gasteiger partial charge in [0.05, 0.1) is 6.20 Å². The second kappa shape index (κ2) is 7.62. The van der Waals surface area contributed by atoms with E-state index in [1.165, 1.54) is 23.7 Å². The van der Waals surface area contributed by atoms with Gasteiger partial charge in [-0.25, -0.2) is 18.7 Å². The number of imidazole rings is 1. The number of phenols is 1. The Kier molecular flexibility index (Phi) is 5.37. The number of allylic oxidation sites excluding steroid dienone is 1. The highest BCUT2D eigenvalue weighted by atomic mass is 19.3. The Bertz CT molecular complexity index is 1120. The minimum absolute atomic E-state index is 0.147. The first-order valence-electron chi connectivity index (χ1n) is 9.02. The number of aromatic hydroxyl groups is 1. The zero-order valence-electron chi connectivity index (χ0n) is 16.6. The normalized spacial score (nSPS) is 12.9. The van der Waals surface area contributed by atoms with Gasteiger partial charge in [0, 0.05) is 23.3 Å². The molecule has 3 N–H and O–H groups in total. The molecule has 2 aromatic heterocycles. The number of halogens is 2. The minimum Gasteiger partial charge on any atom is -0.508 e. The topological polar surface area (TPSA) is 93.5 Å². The van der Waals surface area contributed by atoms with Gasteiger partial charge in [0.25, 0.3) is 6.43 Å². The smallest absolute Gasteiger partial charge is 0.281 e. The summed E-state index contributed by atoms with van der Waals surface area (Å²) in [5, 5.41) is 9.22. The first-order valence-corrected chi connectivity index (χ1v) is 9.02. The molecule has 29 heavy (non-hydrogen) atoms. The molecule has 1 amide bonds. The average Bonchev–Trinajstić information content (AvgIpc) is 3.26. The van der Waals surface area contributed by atoms with Crippen LogP contribution in [0.3, 0.4) is 0 Å². The van der Waals surface area contributed by atoms with E-state index in [-0.39, 0.29) is 11.1 Å². The van der Waals surface area contributed by atoms with Crippen LogP contribution in [0.1, 0.15) is 47.0 Å². The lowest BCUT2D eigenvalue weighted by Gasteiger charge is -2.11. The summed E-state index contributed by atoms with van der Waals surface area (Å²) in [6, 6.07) is 3.66. The van der Waals surface area contributed by atoms with E-state index >= 15 is 0 Å². The fraction of sp³-hybridized carbons (Fsp3) is 0.286. The third-order valence-electron chi connectivity index (χ3n) is 5.28. The summed E-state index contributed by atoms with van der Waals surface area (Å²) in [5.74, 6) is -0.317. The number of fused-ring (bicyclic) bond motifs is 3. The van der Waals surface area contributed by atoms with Crippen LogP contribution in [-0.2, 0) is 11.2 Å². The molecule has 1 aromatic carbocycles. The standard InChI is InChI=1S/C12H10F2N4O.C9H12O/c1-5-2-6-9(8(5)12(15)19)10(11(13)14)17-7-3-16-4-18(6)7;1-6-4-5-9(10)8(3)7(6)2/h3-4,11H,2H2,1H3,(H2,15,19);4-5,10H,1-3H3. The van der Waals surface area contributed by atoms with Crippen LogP contribution < -0.4 is 5.73 Å². The lowest BCUT2D eigenvalue weighted by molar-refractivity contribution is -0.112. The summed E-state index contributed by atoms with van der Waals surface area (Å²) in [4.78, 5) is 19.3. The van der Waals surface area contributed by atoms with Gasteiger partial charge in [0.1, 0.15) is 17.8 Å². The highest BCUT2D eigenvalue weighted by Gasteiger charge is 2.32. The van der Waals surface area contributed by atoms with Crippen LogP contribution in [0.5, 0.6) is 5.75 Å². The molecule has 1 aliphatic rings. The molecule has 152 valence electrons. The molecule has 0 fully saturated rings. The molecule has 0 bridgehead atoms. The van der Waals surface area contributed by atoms with Crippen molar-refractivity contribution in [2.45, 2.75) is 40.5 Å². The van der Waals surface area contributed by atoms with Gasteiger partial charge in [-0.05, 0) is 50.5 Å². The molecular weight excluding hydrogens is 378 g/mol. The van der Waals surface area contributed by atoms with Gasteiger partial charge in [-0.1, -0.05) is 11.6 Å². The molecule has 0 spiro atoms. The quantitative estimate of drug-likeness (QED) is 0.684. The fourth-order valence-electron chi connectivity index (χ4n) is 3.46. The van der Waals surface area contributed by atoms with E-state index in [4.69, 9.17) is 5.73 Å². The minimum atomic E-state index is -2.77. The Morgan fingerprint density at radius 2 is 1.90 bits per heavy atom. The monoisotopic (exact) mass is 400 g/mol. The van der Waals surface area contributed by atoms with E-state index in [0.29, 0.717) is 29.1 Å². The molecule has 6 nitrogen and oxygen atoms in total. The van der Waals surface area contributed by atoms with Crippen molar-refractivity contribution in [3.05, 3.63) is 63.9 Å². The summed E-state index contributed by atoms with van der Waals surface area (Å²) in [7, 11) is 0. The number of hydrogen-bond donors (Lipinski definition) is 2. The van der Waals surface area contributed by atoms with Gasteiger partial charge in [-0.2, -0.15) is 0 Å². The van der Waals surface area contributed by atoms with Crippen LogP contribution in [0.2, 0.25) is 0 Å². The molecule has 0 radical (unpaired) electrons. The van der Waals surface area contributed by atoms with Gasteiger partial charge in [0.15, 0.2) is 5.65 Å². The van der Waals surface area contributed by atoms with Gasteiger partial charge >= 0.3 is 0 Å². The van der Waals surface area contributed by atoms with E-state index in [0.717, 1.165) is 5.56 Å². The van der Waals surface area contributed by atoms with Crippen molar-refractivity contribution in [1.29, 1.82) is 0 Å². The maximum atomic E-state index is 13.2. The van der Waals surface area contributed by atoms with Crippen LogP contribution in [0.15, 0.2) is 30.2 Å². The molecule has 2 heterocycles. The summed E-state index contributed by atoms with van der Waals surface area (Å²) in [5.41, 5.74) is 10.2. The van der Waals surface area contributed by atoms with Crippen LogP contribution in [0.4, 0.5) is 8.78 Å². The average molecular weight is 400 g/mol. The predicted molar refractivity (Wildman–Crippen MR) is 106 cm³/mol. The molecule has 0 saturated carbocycles. The molecular formula is C21H22F2N4O2. The molecule has 1 aliphatic carbocycles. The van der Waals surface area contributed by atoms with E-state index < -0.39 is 18.0 Å². The van der Waals surface area contributed by atoms with Crippen LogP contribution in [0, 0.1) is 20.8 Å². The summed E-state index contributed by atoms with van der Waals surface area (Å²) < 4.78 is 27.9. The van der Waals surface area contributed by atoms with Crippen molar-refractivity contribution >= 4 is 17.1 Å². The lowest BCUT2D eigenvalue weighted by Crippen LogP contribution is -2.15. The van der Waals surface area contributed by atoms with Crippen LogP contribution in [0.25, 0.3) is 11.2 Å². The first-order chi connectivity index (χ1) is 13.6. The summed E-state index contributed by atoms with van der Waals surface area (Å²) >= 11 is 0. The number of hydrogen-bond acceptors (Lipinski definition) is 4. The SMILES string of the molecule is CC1=C(C(N)=O)c2c(C(F)F)nc3cncn3c2C1.Cc1ccc(O)c(C)c1C. The van der Waals surface area contributed by atoms with Gasteiger partial charge in [-0.3, -0.25) is 9.20 Å². The molecule has 0 aliphatic heterocycles. The van der Waals surface area contributed by atoms with E-state index in [1.807, 2.05) is 26.8 Å². The zero-order chi connectivity index (χ0) is 21.5. The lowest BCUT2D eigenvalue weighted by atomic mass is 10.0. The molecule has 0 saturated heterocycles. The number of nitrogens with zero attached hydrogens (tertiary/aromatic N) is 3. The molecule has 0 atom stereocenters. The Balaban J connectivity index is 0.000000204. The highest BCUT2D eigenvalue weighted by Crippen LogP contribution is 2.38. The first kappa shape index (κ1) is 20.4. The maximum absolute atomic E-state index is 13.2. The number of rotatable bonds is 2. The van der Waals surface area contributed by atoms with Crippen molar-refractivity contribution in [2.75, 3.05) is 0 Å². The number of carbonyl (C=O) groups excluding carboxylic acids is 1. The van der Waals surface area contributed by atoms with Gasteiger partial charge in [-0.15, -0.1) is 0 Å². The number of aromatic nitrogens is 3. The zero-order valence-corrected chi connectivity index (χ0v) is 16.6. The Labute approximate surface area is 166 Å². The van der Waals surface area contributed by atoms with Crippen LogP contribution >= 0.6 is 0 Å². The third-order valence-corrected chi connectivity index (χ3v) is 5.28. The van der Waals surface area contributed by atoms with E-state index in [2.05, 4.69) is 9.97 Å². The number of aryl methyl sites for hydroxylation is 1. The molecule has 3 aromatic rings. The number of benzene rings is 1. The highest BCUT2D eigenvalue weighted by molar-refractivity contribution is 6.21. The van der Waals surface area contributed by atoms with Crippen molar-refractivity contribution in [2.24, 2.45) is 5.73 Å². The maximum Gasteiger partial charge on any atom is 0.281 e. The number of carbonyl (C=O) groups is 1. The van der Waals surface area contributed by atoms with Crippen molar-refractivity contribution < 1.29 is 18.7 Å². The second-order valence-electron chi connectivity index (χ2n) is 7.09. The van der Waals surface area contributed by atoms with Gasteiger partial charge in [0.2, 0.25) is 5.91 Å². The van der Waals surface area contributed by atoms with E-state index in [9.17, 15) is 18.7 Å². The summed E-state index contributed by atoms with van der Waals surface area (Å²) in [6.07, 6.45) is 0.522. The fourth-order valence-corrected chi connectivity index (χ4v) is 3.46. The second-order valence-corrected chi connectivity index (χ2v) is 7.09. The molecule has 4 rings (SSSR count). The number of alkyl halides is 2. The Morgan fingerprint density at radius 1 is 1.21 bits per heavy atom. The number of nitrogens with two attached hydrogens (primary N) is 1. The summed E-state index contributed by atoms with van der Waals surface area (Å²) in [6.45, 7) is 7.70. The Hall–Kier alpha value is -3.29. The van der Waals surface area contributed by atoms with Crippen molar-refractivity contribution in [1.82, 2.24) is 14.4 Å². The van der Waals surface area contributed by atoms with Crippen molar-refractivity contribution in [3.8, 4) is 5.75 Å². The number of primary amides is 1. The molecule has 0 unspecified atom stereocenters.